The van der Waals surface area contributed by atoms with Crippen LogP contribution in [0.25, 0.3) is 11.1 Å². The second-order valence-electron chi connectivity index (χ2n) is 14.2. The van der Waals surface area contributed by atoms with Crippen LogP contribution < -0.4 is 15.8 Å². The van der Waals surface area contributed by atoms with Crippen LogP contribution in [-0.2, 0) is 22.6 Å². The molecule has 3 aliphatic carbocycles. The van der Waals surface area contributed by atoms with Crippen molar-refractivity contribution in [2.45, 2.75) is 78.2 Å². The Bertz CT molecular complexity index is 1540. The summed E-state index contributed by atoms with van der Waals surface area (Å²) in [7, 11) is 1.57. The van der Waals surface area contributed by atoms with E-state index in [4.69, 9.17) is 10.5 Å². The molecule has 0 aliphatic heterocycles. The van der Waals surface area contributed by atoms with Crippen molar-refractivity contribution in [2.75, 3.05) is 13.7 Å². The Morgan fingerprint density at radius 1 is 1.13 bits per heavy atom. The average molecular weight is 623 g/mol. The van der Waals surface area contributed by atoms with Gasteiger partial charge in [0.1, 0.15) is 23.5 Å². The van der Waals surface area contributed by atoms with Gasteiger partial charge in [-0.25, -0.2) is 0 Å². The van der Waals surface area contributed by atoms with Crippen molar-refractivity contribution >= 4 is 17.5 Å². The third kappa shape index (κ3) is 4.71. The van der Waals surface area contributed by atoms with Gasteiger partial charge < -0.3 is 36.2 Å². The highest BCUT2D eigenvalue weighted by molar-refractivity contribution is 6.09. The van der Waals surface area contributed by atoms with Gasteiger partial charge in [-0.1, -0.05) is 46.8 Å². The predicted molar refractivity (Wildman–Crippen MR) is 167 cm³/mol. The highest BCUT2D eigenvalue weighted by Gasteiger charge is 2.75. The van der Waals surface area contributed by atoms with E-state index in [9.17, 15) is 34.8 Å². The van der Waals surface area contributed by atoms with Crippen LogP contribution in [0.15, 0.2) is 30.3 Å². The molecule has 0 spiro atoms. The number of hydrogen-bond donors (Lipinski definition) is 6. The van der Waals surface area contributed by atoms with E-state index in [1.54, 1.807) is 20.1 Å². The van der Waals surface area contributed by atoms with Crippen molar-refractivity contribution in [2.24, 2.45) is 40.2 Å². The number of phenolic OH excluding ortho intramolecular Hbond substituents is 1. The number of ketones is 2. The number of nitrogens with one attached hydrogen (secondary N) is 1. The molecule has 0 saturated heterocycles. The largest absolute Gasteiger partial charge is 0.507 e. The molecule has 7 N–H and O–H groups in total. The Morgan fingerprint density at radius 2 is 1.82 bits per heavy atom. The molecule has 10 nitrogen and oxygen atoms in total. The van der Waals surface area contributed by atoms with Gasteiger partial charge in [0.15, 0.2) is 17.2 Å². The Labute approximate surface area is 264 Å². The number of aromatic hydroxyl groups is 1. The molecule has 2 aromatic carbocycles. The molecule has 2 fully saturated rings. The highest BCUT2D eigenvalue weighted by Crippen LogP contribution is 2.66. The number of primary amides is 1. The number of amides is 1. The van der Waals surface area contributed by atoms with Gasteiger partial charge in [-0.3, -0.25) is 14.4 Å². The van der Waals surface area contributed by atoms with Crippen LogP contribution in [0.1, 0.15) is 68.9 Å². The second-order valence-corrected chi connectivity index (χ2v) is 14.2. The molecule has 0 aromatic heterocycles. The van der Waals surface area contributed by atoms with E-state index in [2.05, 4.69) is 12.2 Å². The molecule has 1 amide bonds. The van der Waals surface area contributed by atoms with Gasteiger partial charge in [0.05, 0.1) is 24.7 Å². The number of methoxy groups -OCH3 is 1. The van der Waals surface area contributed by atoms with Gasteiger partial charge in [0.25, 0.3) is 0 Å². The summed E-state index contributed by atoms with van der Waals surface area (Å²) < 4.78 is 5.73. The number of ether oxygens (including phenoxy) is 1. The first-order valence-corrected chi connectivity index (χ1v) is 15.8. The minimum absolute atomic E-state index is 0.0212. The number of carbonyl (C=O) groups excluding carboxylic acids is 3. The van der Waals surface area contributed by atoms with E-state index < -0.39 is 63.9 Å². The monoisotopic (exact) mass is 622 g/mol. The average Bonchev–Trinajstić information content (AvgIpc) is 2.94. The lowest BCUT2D eigenvalue weighted by Crippen LogP contribution is -2.79. The second kappa shape index (κ2) is 11.5. The van der Waals surface area contributed by atoms with Crippen molar-refractivity contribution < 1.29 is 39.5 Å². The lowest BCUT2D eigenvalue weighted by molar-refractivity contribution is -0.265. The Kier molecular flexibility index (Phi) is 8.44. The standard InChI is InChI=1S/C35H46N2O8/c1-7-12-37-15-18-8-11-23(45-6)20(13-18)19-9-10-22(38)24-21(19)14-33(4)16-34(5)26(17(2)3)29(40)25(32(36)43)30(41)35(34,44)31(42)27(33)28(24)39/h8-11,13,17,25-27,29,31,37-38,40,42,44H,7,12,14-16H2,1-6H3,(H2,36,43)/t25-,26+,27-,29?,31?,33-,34-,35+/m1/s1. The van der Waals surface area contributed by atoms with Gasteiger partial charge in [-0.05, 0) is 77.9 Å². The molecular weight excluding hydrogens is 576 g/mol. The fourth-order valence-electron chi connectivity index (χ4n) is 9.27. The smallest absolute Gasteiger partial charge is 0.230 e. The zero-order valence-electron chi connectivity index (χ0n) is 26.9. The summed E-state index contributed by atoms with van der Waals surface area (Å²) in [5, 5.41) is 50.2. The Hall–Kier alpha value is -3.31. The maximum absolute atomic E-state index is 14.5. The number of hydrogen-bond acceptors (Lipinski definition) is 9. The van der Waals surface area contributed by atoms with E-state index in [0.717, 1.165) is 24.1 Å². The van der Waals surface area contributed by atoms with Crippen molar-refractivity contribution in [1.29, 1.82) is 0 Å². The third-order valence-corrected chi connectivity index (χ3v) is 11.0. The molecule has 2 saturated carbocycles. The fraction of sp³-hybridized carbons (Fsp3) is 0.571. The molecular formula is C35H46N2O8. The summed E-state index contributed by atoms with van der Waals surface area (Å²) in [6.07, 6.45) is -2.11. The minimum Gasteiger partial charge on any atom is -0.507 e. The molecule has 2 unspecified atom stereocenters. The van der Waals surface area contributed by atoms with Crippen LogP contribution in [0.5, 0.6) is 11.5 Å². The molecule has 10 heteroatoms. The lowest BCUT2D eigenvalue weighted by atomic mass is 9.39. The first-order chi connectivity index (χ1) is 21.1. The molecule has 45 heavy (non-hydrogen) atoms. The number of phenols is 1. The maximum atomic E-state index is 14.5. The molecule has 244 valence electrons. The van der Waals surface area contributed by atoms with E-state index in [1.165, 1.54) is 6.07 Å². The van der Waals surface area contributed by atoms with Crippen molar-refractivity contribution in [3.8, 4) is 22.6 Å². The summed E-state index contributed by atoms with van der Waals surface area (Å²) in [4.78, 5) is 40.8. The van der Waals surface area contributed by atoms with Gasteiger partial charge in [0.2, 0.25) is 5.91 Å². The summed E-state index contributed by atoms with van der Waals surface area (Å²) in [6.45, 7) is 10.7. The van der Waals surface area contributed by atoms with Crippen LogP contribution in [0, 0.1) is 34.5 Å². The zero-order chi connectivity index (χ0) is 33.2. The molecule has 0 bridgehead atoms. The van der Waals surface area contributed by atoms with Gasteiger partial charge in [-0.15, -0.1) is 0 Å². The molecule has 0 radical (unpaired) electrons. The first kappa shape index (κ1) is 33.1. The minimum atomic E-state index is -2.55. The zero-order valence-corrected chi connectivity index (χ0v) is 26.9. The number of nitrogens with two attached hydrogens (primary N) is 1. The topological polar surface area (TPSA) is 179 Å². The van der Waals surface area contributed by atoms with Crippen LogP contribution in [0.2, 0.25) is 0 Å². The van der Waals surface area contributed by atoms with Gasteiger partial charge >= 0.3 is 0 Å². The first-order valence-electron chi connectivity index (χ1n) is 15.8. The summed E-state index contributed by atoms with van der Waals surface area (Å²) >= 11 is 0. The maximum Gasteiger partial charge on any atom is 0.230 e. The summed E-state index contributed by atoms with van der Waals surface area (Å²) in [5.74, 6) is -6.61. The Balaban J connectivity index is 1.70. The van der Waals surface area contributed by atoms with E-state index >= 15 is 0 Å². The quantitative estimate of drug-likeness (QED) is 0.191. The number of fused-ring (bicyclic) bond motifs is 3. The van der Waals surface area contributed by atoms with E-state index in [0.29, 0.717) is 23.4 Å². The SMILES string of the molecule is CCCNCc1ccc(OC)c(-c2ccc(O)c3c2C[C@]2(C)C[C@]4(C)[C@@H](C(C)C)C(O)[C@@H](C(N)=O)C(=O)[C@]4(O)C(O)[C@H]2C3=O)c1. The highest BCUT2D eigenvalue weighted by atomic mass is 16.5. The van der Waals surface area contributed by atoms with Crippen molar-refractivity contribution in [3.63, 3.8) is 0 Å². The van der Waals surface area contributed by atoms with Crippen molar-refractivity contribution in [3.05, 3.63) is 47.0 Å². The number of aliphatic hydroxyl groups is 3. The van der Waals surface area contributed by atoms with Crippen LogP contribution >= 0.6 is 0 Å². The molecule has 3 aliphatic rings. The van der Waals surface area contributed by atoms with Gasteiger partial charge in [0, 0.05) is 17.5 Å². The van der Waals surface area contributed by atoms with Crippen LogP contribution in [0.3, 0.4) is 0 Å². The lowest BCUT2D eigenvalue weighted by Gasteiger charge is -2.66. The van der Waals surface area contributed by atoms with Gasteiger partial charge in [-0.2, -0.15) is 0 Å². The van der Waals surface area contributed by atoms with E-state index in [1.807, 2.05) is 39.0 Å². The third-order valence-electron chi connectivity index (χ3n) is 11.0. The van der Waals surface area contributed by atoms with E-state index in [-0.39, 0.29) is 30.1 Å². The van der Waals surface area contributed by atoms with Crippen molar-refractivity contribution in [1.82, 2.24) is 5.32 Å². The van der Waals surface area contributed by atoms with Crippen LogP contribution in [-0.4, -0.2) is 69.4 Å². The molecule has 5 rings (SSSR count). The number of rotatable bonds is 8. The Morgan fingerprint density at radius 3 is 2.42 bits per heavy atom. The summed E-state index contributed by atoms with van der Waals surface area (Å²) in [6, 6.07) is 9.03. The molecule has 0 heterocycles. The van der Waals surface area contributed by atoms with Crippen LogP contribution in [0.4, 0.5) is 0 Å². The molecule has 8 atom stereocenters. The summed E-state index contributed by atoms with van der Waals surface area (Å²) in [5.41, 5.74) is 3.63. The molecule has 2 aromatic rings. The predicted octanol–water partition coefficient (Wildman–Crippen LogP) is 2.75. The fourth-order valence-corrected chi connectivity index (χ4v) is 9.27. The number of Topliss-reactive ketones (excluding diaryl/α,β-unsaturated/α-hetero) is 2. The number of benzene rings is 2. The number of aliphatic hydroxyl groups excluding tert-OH is 2. The number of carbonyl (C=O) groups is 3. The normalized spacial score (nSPS) is 34.2.